The Balaban J connectivity index is 2.95. The number of halogens is 1. The normalized spacial score (nSPS) is 10.5. The van der Waals surface area contributed by atoms with E-state index < -0.39 is 0 Å². The van der Waals surface area contributed by atoms with Crippen molar-refractivity contribution in [3.63, 3.8) is 0 Å². The van der Waals surface area contributed by atoms with Gasteiger partial charge >= 0.3 is 0 Å². The minimum Gasteiger partial charge on any atom is -0.345 e. The predicted octanol–water partition coefficient (Wildman–Crippen LogP) is 1.41. The van der Waals surface area contributed by atoms with Crippen LogP contribution in [-0.2, 0) is 0 Å². The zero-order valence-corrected chi connectivity index (χ0v) is 5.68. The SMILES string of the molecule is Clc1ncnc2[nH]c[c]c12. The van der Waals surface area contributed by atoms with E-state index >= 15 is 0 Å². The molecule has 49 valence electrons. The minimum absolute atomic E-state index is 0.436. The number of rotatable bonds is 0. The van der Waals surface area contributed by atoms with Gasteiger partial charge in [0.2, 0.25) is 0 Å². The number of H-pyrrole nitrogens is 1. The topological polar surface area (TPSA) is 41.6 Å². The van der Waals surface area contributed by atoms with E-state index in [-0.39, 0.29) is 0 Å². The molecule has 0 atom stereocenters. The first-order valence-corrected chi connectivity index (χ1v) is 3.11. The molecule has 2 rings (SSSR count). The third kappa shape index (κ3) is 0.675. The molecule has 3 nitrogen and oxygen atoms in total. The van der Waals surface area contributed by atoms with Crippen LogP contribution in [0.5, 0.6) is 0 Å². The van der Waals surface area contributed by atoms with E-state index in [2.05, 4.69) is 21.0 Å². The average Bonchev–Trinajstić information content (AvgIpc) is 2.36. The summed E-state index contributed by atoms with van der Waals surface area (Å²) in [6, 6.07) is 2.88. The van der Waals surface area contributed by atoms with Gasteiger partial charge in [0, 0.05) is 12.3 Å². The highest BCUT2D eigenvalue weighted by Gasteiger charge is 1.99. The molecule has 0 spiro atoms. The van der Waals surface area contributed by atoms with Crippen molar-refractivity contribution >= 4 is 22.6 Å². The lowest BCUT2D eigenvalue weighted by Gasteiger charge is -1.87. The molecule has 0 aliphatic heterocycles. The maximum atomic E-state index is 5.70. The Kier molecular flexibility index (Phi) is 1.11. The molecule has 4 heteroatoms. The van der Waals surface area contributed by atoms with Gasteiger partial charge in [0.05, 0.1) is 5.39 Å². The standard InChI is InChI=1S/C6H3ClN3/c7-5-4-1-2-8-6(4)10-3-9-5/h2-3H,(H,8,9,10). The summed E-state index contributed by atoms with van der Waals surface area (Å²) in [6.07, 6.45) is 3.07. The van der Waals surface area contributed by atoms with E-state index in [4.69, 9.17) is 11.6 Å². The molecular formula is C6H3ClN3. The van der Waals surface area contributed by atoms with Crippen LogP contribution in [0.2, 0.25) is 5.15 Å². The summed E-state index contributed by atoms with van der Waals surface area (Å²) >= 11 is 5.70. The van der Waals surface area contributed by atoms with Crippen LogP contribution in [0.1, 0.15) is 0 Å². The number of hydrogen-bond donors (Lipinski definition) is 1. The summed E-state index contributed by atoms with van der Waals surface area (Å²) < 4.78 is 0. The molecule has 0 fully saturated rings. The maximum absolute atomic E-state index is 5.70. The van der Waals surface area contributed by atoms with Gasteiger partial charge in [-0.3, -0.25) is 0 Å². The summed E-state index contributed by atoms with van der Waals surface area (Å²) in [5.74, 6) is 0. The fourth-order valence-electron chi connectivity index (χ4n) is 0.778. The zero-order chi connectivity index (χ0) is 6.97. The van der Waals surface area contributed by atoms with Gasteiger partial charge in [-0.05, 0) is 0 Å². The second kappa shape index (κ2) is 1.95. The van der Waals surface area contributed by atoms with Crippen LogP contribution < -0.4 is 0 Å². The van der Waals surface area contributed by atoms with Gasteiger partial charge in [-0.15, -0.1) is 0 Å². The molecule has 10 heavy (non-hydrogen) atoms. The van der Waals surface area contributed by atoms with E-state index in [0.717, 1.165) is 11.0 Å². The molecule has 0 amide bonds. The van der Waals surface area contributed by atoms with Crippen molar-refractivity contribution < 1.29 is 0 Å². The van der Waals surface area contributed by atoms with Gasteiger partial charge in [0.25, 0.3) is 0 Å². The zero-order valence-electron chi connectivity index (χ0n) is 4.93. The monoisotopic (exact) mass is 152 g/mol. The molecule has 0 bridgehead atoms. The summed E-state index contributed by atoms with van der Waals surface area (Å²) in [5.41, 5.74) is 0.722. The maximum Gasteiger partial charge on any atom is 0.142 e. The molecule has 0 saturated heterocycles. The Morgan fingerprint density at radius 3 is 3.20 bits per heavy atom. The molecule has 0 unspecified atom stereocenters. The Morgan fingerprint density at radius 2 is 2.40 bits per heavy atom. The lowest BCUT2D eigenvalue weighted by molar-refractivity contribution is 1.20. The van der Waals surface area contributed by atoms with Crippen LogP contribution >= 0.6 is 11.6 Å². The van der Waals surface area contributed by atoms with Crippen LogP contribution in [0, 0.1) is 6.07 Å². The molecule has 0 aromatic carbocycles. The Hall–Kier alpha value is -1.09. The van der Waals surface area contributed by atoms with Gasteiger partial charge in [-0.2, -0.15) is 0 Å². The minimum atomic E-state index is 0.436. The van der Waals surface area contributed by atoms with Crippen molar-refractivity contribution in [2.75, 3.05) is 0 Å². The molecule has 2 aromatic heterocycles. The van der Waals surface area contributed by atoms with E-state index in [1.54, 1.807) is 6.20 Å². The first-order chi connectivity index (χ1) is 4.88. The summed E-state index contributed by atoms with van der Waals surface area (Å²) in [5, 5.41) is 1.18. The van der Waals surface area contributed by atoms with Gasteiger partial charge in [0.15, 0.2) is 0 Å². The molecule has 2 aromatic rings. The third-order valence-corrected chi connectivity index (χ3v) is 1.51. The molecule has 0 aliphatic rings. The first-order valence-electron chi connectivity index (χ1n) is 2.73. The fraction of sp³-hybridized carbons (Fsp3) is 0. The van der Waals surface area contributed by atoms with Gasteiger partial charge in [0.1, 0.15) is 17.1 Å². The Bertz CT molecular complexity index is 355. The van der Waals surface area contributed by atoms with Crippen LogP contribution in [-0.4, -0.2) is 15.0 Å². The molecule has 1 radical (unpaired) electrons. The second-order valence-electron chi connectivity index (χ2n) is 1.82. The van der Waals surface area contributed by atoms with Crippen LogP contribution in [0.15, 0.2) is 12.5 Å². The number of aromatic nitrogens is 3. The molecule has 0 saturated carbocycles. The van der Waals surface area contributed by atoms with Crippen molar-refractivity contribution in [3.8, 4) is 0 Å². The number of aromatic amines is 1. The number of nitrogens with zero attached hydrogens (tertiary/aromatic N) is 2. The van der Waals surface area contributed by atoms with E-state index in [9.17, 15) is 0 Å². The predicted molar refractivity (Wildman–Crippen MR) is 37.7 cm³/mol. The number of nitrogens with one attached hydrogen (secondary N) is 1. The smallest absolute Gasteiger partial charge is 0.142 e. The summed E-state index contributed by atoms with van der Waals surface area (Å²) in [7, 11) is 0. The second-order valence-corrected chi connectivity index (χ2v) is 2.18. The van der Waals surface area contributed by atoms with Gasteiger partial charge in [-0.1, -0.05) is 11.6 Å². The van der Waals surface area contributed by atoms with E-state index in [0.29, 0.717) is 5.15 Å². The fourth-order valence-corrected chi connectivity index (χ4v) is 0.966. The Labute approximate surface area is 62.1 Å². The highest BCUT2D eigenvalue weighted by atomic mass is 35.5. The lowest BCUT2D eigenvalue weighted by atomic mass is 10.4. The quantitative estimate of drug-likeness (QED) is 0.580. The van der Waals surface area contributed by atoms with Gasteiger partial charge in [-0.25, -0.2) is 9.97 Å². The van der Waals surface area contributed by atoms with E-state index in [1.807, 2.05) is 0 Å². The number of fused-ring (bicyclic) bond motifs is 1. The van der Waals surface area contributed by atoms with Crippen molar-refractivity contribution in [2.45, 2.75) is 0 Å². The third-order valence-electron chi connectivity index (χ3n) is 1.23. The van der Waals surface area contributed by atoms with Crippen molar-refractivity contribution in [2.24, 2.45) is 0 Å². The van der Waals surface area contributed by atoms with Crippen molar-refractivity contribution in [3.05, 3.63) is 23.7 Å². The van der Waals surface area contributed by atoms with Crippen molar-refractivity contribution in [1.29, 1.82) is 0 Å². The summed E-state index contributed by atoms with van der Waals surface area (Å²) in [6.45, 7) is 0. The van der Waals surface area contributed by atoms with Crippen molar-refractivity contribution in [1.82, 2.24) is 15.0 Å². The largest absolute Gasteiger partial charge is 0.345 e. The highest BCUT2D eigenvalue weighted by Crippen LogP contribution is 2.15. The van der Waals surface area contributed by atoms with E-state index in [1.165, 1.54) is 6.33 Å². The van der Waals surface area contributed by atoms with Gasteiger partial charge < -0.3 is 4.98 Å². The molecular weight excluding hydrogens is 150 g/mol. The molecule has 1 N–H and O–H groups in total. The Morgan fingerprint density at radius 1 is 1.50 bits per heavy atom. The average molecular weight is 153 g/mol. The van der Waals surface area contributed by atoms with Crippen LogP contribution in [0.25, 0.3) is 11.0 Å². The summed E-state index contributed by atoms with van der Waals surface area (Å²) in [4.78, 5) is 10.6. The van der Waals surface area contributed by atoms with Crippen LogP contribution in [0.4, 0.5) is 0 Å². The number of hydrogen-bond acceptors (Lipinski definition) is 2. The highest BCUT2D eigenvalue weighted by molar-refractivity contribution is 6.33. The first kappa shape index (κ1) is 5.68. The lowest BCUT2D eigenvalue weighted by Crippen LogP contribution is -1.79. The van der Waals surface area contributed by atoms with Crippen LogP contribution in [0.3, 0.4) is 0 Å². The molecule has 2 heterocycles. The molecule has 0 aliphatic carbocycles.